The number of anilines is 1. The van der Waals surface area contributed by atoms with E-state index in [1.165, 1.54) is 0 Å². The smallest absolute Gasteiger partial charge is 0.225 e. The van der Waals surface area contributed by atoms with Crippen LogP contribution in [0.15, 0.2) is 34.7 Å². The van der Waals surface area contributed by atoms with E-state index in [-0.39, 0.29) is 0 Å². The number of fused-ring (bicyclic) bond motifs is 1. The molecule has 3 aromatic rings. The molecule has 0 unspecified atom stereocenters. The van der Waals surface area contributed by atoms with E-state index in [1.807, 2.05) is 49.2 Å². The molecule has 128 valence electrons. The Morgan fingerprint density at radius 2 is 2.04 bits per heavy atom. The predicted molar refractivity (Wildman–Crippen MR) is 96.4 cm³/mol. The van der Waals surface area contributed by atoms with Crippen LogP contribution in [-0.4, -0.2) is 28.5 Å². The number of unbranched alkanes of at least 4 members (excludes halogenated alkanes) is 1. The summed E-state index contributed by atoms with van der Waals surface area (Å²) in [5.74, 6) is 0.330. The van der Waals surface area contributed by atoms with E-state index in [4.69, 9.17) is 4.42 Å². The van der Waals surface area contributed by atoms with Gasteiger partial charge in [0.1, 0.15) is 5.52 Å². The molecular weight excluding hydrogens is 314 g/mol. The van der Waals surface area contributed by atoms with Crippen molar-refractivity contribution in [3.63, 3.8) is 0 Å². The molecule has 2 aromatic heterocycles. The van der Waals surface area contributed by atoms with E-state index in [0.29, 0.717) is 23.1 Å². The van der Waals surface area contributed by atoms with Crippen LogP contribution in [0.4, 0.5) is 5.95 Å². The fourth-order valence-electron chi connectivity index (χ4n) is 2.65. The van der Waals surface area contributed by atoms with Crippen molar-refractivity contribution in [3.05, 3.63) is 47.6 Å². The Morgan fingerprint density at radius 3 is 2.76 bits per heavy atom. The molecule has 0 aliphatic carbocycles. The number of hydrogen-bond acceptors (Lipinski definition) is 6. The zero-order valence-electron chi connectivity index (χ0n) is 14.7. The van der Waals surface area contributed by atoms with Gasteiger partial charge in [0.25, 0.3) is 0 Å². The highest BCUT2D eigenvalue weighted by Gasteiger charge is 2.23. The summed E-state index contributed by atoms with van der Waals surface area (Å²) >= 11 is 0. The van der Waals surface area contributed by atoms with Gasteiger partial charge in [-0.3, -0.25) is 0 Å². The fraction of sp³-hybridized carbons (Fsp3) is 0.368. The van der Waals surface area contributed by atoms with E-state index in [2.05, 4.69) is 27.9 Å². The van der Waals surface area contributed by atoms with Crippen LogP contribution in [0, 0.1) is 18.3 Å². The lowest BCUT2D eigenvalue weighted by Gasteiger charge is -2.18. The van der Waals surface area contributed by atoms with Crippen LogP contribution < -0.4 is 4.90 Å². The van der Waals surface area contributed by atoms with Gasteiger partial charge in [0.05, 0.1) is 11.8 Å². The molecule has 6 heteroatoms. The highest BCUT2D eigenvalue weighted by molar-refractivity contribution is 5.72. The van der Waals surface area contributed by atoms with Gasteiger partial charge in [-0.2, -0.15) is 5.26 Å². The number of aryl methyl sites for hydroxylation is 1. The minimum absolute atomic E-state index is 0.365. The lowest BCUT2D eigenvalue weighted by atomic mass is 10.1. The van der Waals surface area contributed by atoms with Crippen molar-refractivity contribution in [1.82, 2.24) is 15.0 Å². The number of hydrogen-bond donors (Lipinski definition) is 0. The largest absolute Gasteiger partial charge is 0.439 e. The SMILES string of the molecule is CCCCN(C)c1nc(C)cc([C@@H](C#N)c2nc3ccccc3o2)n1. The molecule has 0 aliphatic heterocycles. The molecule has 0 amide bonds. The Bertz CT molecular complexity index is 879. The van der Waals surface area contributed by atoms with Crippen LogP contribution in [0.3, 0.4) is 0 Å². The average Bonchev–Trinajstić information content (AvgIpc) is 3.03. The molecule has 25 heavy (non-hydrogen) atoms. The molecule has 0 saturated carbocycles. The van der Waals surface area contributed by atoms with E-state index < -0.39 is 5.92 Å². The maximum Gasteiger partial charge on any atom is 0.225 e. The molecule has 2 heterocycles. The predicted octanol–water partition coefficient (Wildman–Crippen LogP) is 3.82. The molecule has 1 atom stereocenters. The number of oxazole rings is 1. The second kappa shape index (κ2) is 7.31. The number of benzene rings is 1. The van der Waals surface area contributed by atoms with E-state index in [0.717, 1.165) is 30.6 Å². The third-order valence-electron chi connectivity index (χ3n) is 4.03. The summed E-state index contributed by atoms with van der Waals surface area (Å²) in [6.45, 7) is 4.93. The summed E-state index contributed by atoms with van der Waals surface area (Å²) in [5.41, 5.74) is 2.84. The molecule has 0 N–H and O–H groups in total. The second-order valence-corrected chi connectivity index (χ2v) is 6.09. The normalized spacial score (nSPS) is 12.1. The van der Waals surface area contributed by atoms with Crippen molar-refractivity contribution in [3.8, 4) is 6.07 Å². The van der Waals surface area contributed by atoms with Crippen molar-refractivity contribution in [1.29, 1.82) is 5.26 Å². The Labute approximate surface area is 147 Å². The highest BCUT2D eigenvalue weighted by Crippen LogP contribution is 2.27. The maximum atomic E-state index is 9.70. The Balaban J connectivity index is 1.98. The maximum absolute atomic E-state index is 9.70. The first-order chi connectivity index (χ1) is 12.1. The molecule has 6 nitrogen and oxygen atoms in total. The van der Waals surface area contributed by atoms with E-state index in [9.17, 15) is 5.26 Å². The van der Waals surface area contributed by atoms with Crippen LogP contribution in [0.2, 0.25) is 0 Å². The van der Waals surface area contributed by atoms with Crippen molar-refractivity contribution < 1.29 is 4.42 Å². The number of rotatable bonds is 6. The van der Waals surface area contributed by atoms with E-state index in [1.54, 1.807) is 0 Å². The topological polar surface area (TPSA) is 78.8 Å². The van der Waals surface area contributed by atoms with Gasteiger partial charge in [-0.25, -0.2) is 15.0 Å². The Morgan fingerprint density at radius 1 is 1.24 bits per heavy atom. The first-order valence-corrected chi connectivity index (χ1v) is 8.44. The van der Waals surface area contributed by atoms with Crippen LogP contribution in [0.5, 0.6) is 0 Å². The summed E-state index contributed by atoms with van der Waals surface area (Å²) in [6.07, 6.45) is 2.17. The van der Waals surface area contributed by atoms with Crippen molar-refractivity contribution in [2.24, 2.45) is 0 Å². The summed E-state index contributed by atoms with van der Waals surface area (Å²) < 4.78 is 5.77. The minimum Gasteiger partial charge on any atom is -0.439 e. The second-order valence-electron chi connectivity index (χ2n) is 6.09. The molecule has 1 aromatic carbocycles. The summed E-state index contributed by atoms with van der Waals surface area (Å²) in [4.78, 5) is 15.6. The van der Waals surface area contributed by atoms with Gasteiger partial charge in [0.15, 0.2) is 11.5 Å². The lowest BCUT2D eigenvalue weighted by molar-refractivity contribution is 0.525. The van der Waals surface area contributed by atoms with Gasteiger partial charge < -0.3 is 9.32 Å². The fourth-order valence-corrected chi connectivity index (χ4v) is 2.65. The van der Waals surface area contributed by atoms with Crippen molar-refractivity contribution in [2.45, 2.75) is 32.6 Å². The van der Waals surface area contributed by atoms with Crippen LogP contribution in [0.1, 0.15) is 43.0 Å². The standard InChI is InChI=1S/C19H21N5O/c1-4-5-10-24(3)19-21-13(2)11-16(23-19)14(12-20)18-22-15-8-6-7-9-17(15)25-18/h6-9,11,14H,4-5,10H2,1-3H3/t14-/m1/s1. The van der Waals surface area contributed by atoms with Gasteiger partial charge in [-0.1, -0.05) is 25.5 Å². The van der Waals surface area contributed by atoms with Crippen LogP contribution in [-0.2, 0) is 0 Å². The lowest BCUT2D eigenvalue weighted by Crippen LogP contribution is -2.22. The van der Waals surface area contributed by atoms with Gasteiger partial charge in [0.2, 0.25) is 11.8 Å². The number of aromatic nitrogens is 3. The van der Waals surface area contributed by atoms with Crippen molar-refractivity contribution >= 4 is 17.0 Å². The molecule has 0 fully saturated rings. The number of nitrogens with zero attached hydrogens (tertiary/aromatic N) is 5. The van der Waals surface area contributed by atoms with Gasteiger partial charge in [-0.15, -0.1) is 0 Å². The Hall–Kier alpha value is -2.94. The first-order valence-electron chi connectivity index (χ1n) is 8.44. The monoisotopic (exact) mass is 335 g/mol. The molecular formula is C19H21N5O. The molecule has 0 saturated heterocycles. The first kappa shape index (κ1) is 16.9. The molecule has 0 bridgehead atoms. The van der Waals surface area contributed by atoms with Gasteiger partial charge in [-0.05, 0) is 31.5 Å². The third kappa shape index (κ3) is 3.61. The summed E-state index contributed by atoms with van der Waals surface area (Å²) in [5, 5.41) is 9.70. The van der Waals surface area contributed by atoms with Gasteiger partial charge >= 0.3 is 0 Å². The number of para-hydroxylation sites is 2. The summed E-state index contributed by atoms with van der Waals surface area (Å²) in [7, 11) is 1.97. The quantitative estimate of drug-likeness (QED) is 0.681. The zero-order valence-corrected chi connectivity index (χ0v) is 14.7. The third-order valence-corrected chi connectivity index (χ3v) is 4.03. The highest BCUT2D eigenvalue weighted by atomic mass is 16.3. The molecule has 0 radical (unpaired) electrons. The van der Waals surface area contributed by atoms with Crippen LogP contribution >= 0.6 is 0 Å². The Kier molecular flexibility index (Phi) is 4.94. The zero-order chi connectivity index (χ0) is 17.8. The van der Waals surface area contributed by atoms with Crippen LogP contribution in [0.25, 0.3) is 11.1 Å². The molecule has 0 aliphatic rings. The van der Waals surface area contributed by atoms with Gasteiger partial charge in [0, 0.05) is 19.3 Å². The number of nitriles is 1. The summed E-state index contributed by atoms with van der Waals surface area (Å²) in [6, 6.07) is 11.6. The van der Waals surface area contributed by atoms with E-state index >= 15 is 0 Å². The van der Waals surface area contributed by atoms with Crippen molar-refractivity contribution in [2.75, 3.05) is 18.5 Å². The average molecular weight is 335 g/mol. The molecule has 0 spiro atoms. The molecule has 3 rings (SSSR count). The minimum atomic E-state index is -0.660.